The molecule has 0 unspecified atom stereocenters. The molecule has 1 aliphatic rings. The molecule has 1 fully saturated rings. The van der Waals surface area contributed by atoms with Gasteiger partial charge < -0.3 is 24.8 Å². The maximum atomic E-state index is 9.55. The first-order chi connectivity index (χ1) is 16.5. The van der Waals surface area contributed by atoms with Crippen molar-refractivity contribution in [2.75, 3.05) is 26.2 Å². The Bertz CT molecular complexity index is 1090. The van der Waals surface area contributed by atoms with Gasteiger partial charge in [0.25, 0.3) is 0 Å². The molecule has 0 amide bonds. The van der Waals surface area contributed by atoms with Crippen LogP contribution in [0.1, 0.15) is 24.4 Å². The lowest BCUT2D eigenvalue weighted by Gasteiger charge is -2.31. The third-order valence-corrected chi connectivity index (χ3v) is 5.59. The molecule has 0 spiro atoms. The SMILES string of the molecule is O=C(O)C=CC(=O)O.OCCN1CCC(Cc2nc3cccnc3n2Cc2ccccn2)CC1. The Morgan fingerprint density at radius 1 is 1.00 bits per heavy atom. The molecule has 3 aromatic rings. The van der Waals surface area contributed by atoms with Crippen LogP contribution in [0.25, 0.3) is 11.2 Å². The molecule has 3 aromatic heterocycles. The van der Waals surface area contributed by atoms with Gasteiger partial charge >= 0.3 is 11.9 Å². The molecule has 34 heavy (non-hydrogen) atoms. The van der Waals surface area contributed by atoms with Crippen LogP contribution in [0.4, 0.5) is 0 Å². The van der Waals surface area contributed by atoms with Crippen LogP contribution in [0.15, 0.2) is 54.9 Å². The molecule has 4 heterocycles. The minimum absolute atomic E-state index is 0.246. The van der Waals surface area contributed by atoms with Crippen molar-refractivity contribution >= 4 is 23.1 Å². The Morgan fingerprint density at radius 3 is 2.32 bits per heavy atom. The number of aliphatic hydroxyl groups is 1. The van der Waals surface area contributed by atoms with Crippen molar-refractivity contribution in [1.29, 1.82) is 0 Å². The number of carboxylic acid groups (broad SMARTS) is 2. The molecule has 0 saturated carbocycles. The number of likely N-dealkylation sites (tertiary alicyclic amines) is 1. The van der Waals surface area contributed by atoms with Crippen LogP contribution in [0.5, 0.6) is 0 Å². The summed E-state index contributed by atoms with van der Waals surface area (Å²) >= 11 is 0. The molecule has 0 aliphatic carbocycles. The van der Waals surface area contributed by atoms with Crippen LogP contribution in [-0.2, 0) is 22.6 Å². The first-order valence-corrected chi connectivity index (χ1v) is 11.1. The number of nitrogens with zero attached hydrogens (tertiary/aromatic N) is 5. The number of piperidine rings is 1. The van der Waals surface area contributed by atoms with Gasteiger partial charge in [0.05, 0.1) is 18.8 Å². The van der Waals surface area contributed by atoms with Gasteiger partial charge in [-0.2, -0.15) is 0 Å². The van der Waals surface area contributed by atoms with Gasteiger partial charge in [0.1, 0.15) is 11.3 Å². The maximum absolute atomic E-state index is 9.55. The van der Waals surface area contributed by atoms with E-state index < -0.39 is 11.9 Å². The van der Waals surface area contributed by atoms with E-state index in [1.807, 2.05) is 42.7 Å². The van der Waals surface area contributed by atoms with Gasteiger partial charge in [0.15, 0.2) is 5.65 Å². The summed E-state index contributed by atoms with van der Waals surface area (Å²) in [5.74, 6) is -0.783. The van der Waals surface area contributed by atoms with E-state index in [4.69, 9.17) is 20.3 Å². The number of β-amino-alcohol motifs (C(OH)–C–C–N with tert-alkyl or cyclic N) is 1. The van der Waals surface area contributed by atoms with Gasteiger partial charge in [0, 0.05) is 37.5 Å². The molecule has 0 radical (unpaired) electrons. The number of hydrogen-bond donors (Lipinski definition) is 3. The van der Waals surface area contributed by atoms with E-state index in [2.05, 4.69) is 19.4 Å². The highest BCUT2D eigenvalue weighted by atomic mass is 16.4. The molecule has 0 atom stereocenters. The summed E-state index contributed by atoms with van der Waals surface area (Å²) in [5.41, 5.74) is 2.92. The Morgan fingerprint density at radius 2 is 1.71 bits per heavy atom. The molecule has 180 valence electrons. The average Bonchev–Trinajstić information content (AvgIpc) is 3.17. The Balaban J connectivity index is 0.000000350. The number of aromatic nitrogens is 4. The van der Waals surface area contributed by atoms with E-state index in [1.54, 1.807) is 0 Å². The molecular formula is C24H29N5O5. The van der Waals surface area contributed by atoms with Gasteiger partial charge in [0.2, 0.25) is 0 Å². The van der Waals surface area contributed by atoms with Crippen LogP contribution < -0.4 is 0 Å². The molecule has 10 nitrogen and oxygen atoms in total. The lowest BCUT2D eigenvalue weighted by molar-refractivity contribution is -0.134. The van der Waals surface area contributed by atoms with Crippen molar-refractivity contribution in [3.05, 3.63) is 66.4 Å². The van der Waals surface area contributed by atoms with Gasteiger partial charge in [-0.1, -0.05) is 6.07 Å². The first-order valence-electron chi connectivity index (χ1n) is 11.1. The third-order valence-electron chi connectivity index (χ3n) is 5.59. The van der Waals surface area contributed by atoms with E-state index in [1.165, 1.54) is 0 Å². The standard InChI is InChI=1S/C20H25N5O.C4H4O4/c26-13-12-24-10-6-16(7-11-24)14-19-23-18-5-3-9-22-20(18)25(19)15-17-4-1-2-8-21-17;5-3(6)1-2-4(7)8/h1-5,8-9,16,26H,6-7,10-15H2;1-2H,(H,5,6)(H,7,8). The van der Waals surface area contributed by atoms with E-state index in [0.717, 1.165) is 61.6 Å². The van der Waals surface area contributed by atoms with Crippen LogP contribution in [-0.4, -0.2) is 77.9 Å². The smallest absolute Gasteiger partial charge is 0.328 e. The van der Waals surface area contributed by atoms with Gasteiger partial charge in [-0.15, -0.1) is 0 Å². The van der Waals surface area contributed by atoms with Crippen molar-refractivity contribution in [1.82, 2.24) is 24.4 Å². The summed E-state index contributed by atoms with van der Waals surface area (Å²) < 4.78 is 2.22. The van der Waals surface area contributed by atoms with Crippen LogP contribution >= 0.6 is 0 Å². The average molecular weight is 468 g/mol. The van der Waals surface area contributed by atoms with Crippen molar-refractivity contribution in [3.8, 4) is 0 Å². The molecule has 10 heteroatoms. The van der Waals surface area contributed by atoms with Crippen molar-refractivity contribution in [2.45, 2.75) is 25.8 Å². The normalized spacial score (nSPS) is 14.7. The summed E-state index contributed by atoms with van der Waals surface area (Å²) in [4.78, 5) is 35.4. The summed E-state index contributed by atoms with van der Waals surface area (Å²) in [7, 11) is 0. The lowest BCUT2D eigenvalue weighted by Crippen LogP contribution is -2.36. The van der Waals surface area contributed by atoms with Gasteiger partial charge in [-0.25, -0.2) is 19.6 Å². The topological polar surface area (TPSA) is 142 Å². The largest absolute Gasteiger partial charge is 0.478 e. The number of aliphatic hydroxyl groups excluding tert-OH is 1. The number of rotatable bonds is 8. The highest BCUT2D eigenvalue weighted by Gasteiger charge is 2.22. The summed E-state index contributed by atoms with van der Waals surface area (Å²) in [5, 5.41) is 24.7. The van der Waals surface area contributed by atoms with Crippen molar-refractivity contribution in [2.24, 2.45) is 5.92 Å². The van der Waals surface area contributed by atoms with Crippen LogP contribution in [0, 0.1) is 5.92 Å². The van der Waals surface area contributed by atoms with Crippen molar-refractivity contribution < 1.29 is 24.9 Å². The Labute approximate surface area is 197 Å². The second-order valence-electron chi connectivity index (χ2n) is 8.00. The number of carboxylic acids is 2. The Hall–Kier alpha value is -3.63. The van der Waals surface area contributed by atoms with Crippen LogP contribution in [0.2, 0.25) is 0 Å². The third kappa shape index (κ3) is 7.46. The molecule has 4 rings (SSSR count). The van der Waals surface area contributed by atoms with Gasteiger partial charge in [-0.3, -0.25) is 4.98 Å². The number of pyridine rings is 2. The molecule has 1 aliphatic heterocycles. The Kier molecular flexibility index (Phi) is 9.24. The monoisotopic (exact) mass is 467 g/mol. The first kappa shape index (κ1) is 25.0. The number of carbonyl (C=O) groups is 2. The minimum atomic E-state index is -1.26. The highest BCUT2D eigenvalue weighted by Crippen LogP contribution is 2.24. The lowest BCUT2D eigenvalue weighted by atomic mass is 9.93. The summed E-state index contributed by atoms with van der Waals surface area (Å²) in [6.07, 6.45) is 8.05. The molecule has 0 aromatic carbocycles. The fourth-order valence-corrected chi connectivity index (χ4v) is 3.94. The predicted octanol–water partition coefficient (Wildman–Crippen LogP) is 1.83. The van der Waals surface area contributed by atoms with E-state index in [0.29, 0.717) is 24.6 Å². The fourth-order valence-electron chi connectivity index (χ4n) is 3.94. The predicted molar refractivity (Wildman–Crippen MR) is 125 cm³/mol. The number of imidazole rings is 1. The summed E-state index contributed by atoms with van der Waals surface area (Å²) in [6, 6.07) is 9.98. The van der Waals surface area contributed by atoms with Gasteiger partial charge in [-0.05, 0) is 56.1 Å². The van der Waals surface area contributed by atoms with Crippen molar-refractivity contribution in [3.63, 3.8) is 0 Å². The van der Waals surface area contributed by atoms with E-state index in [-0.39, 0.29) is 6.61 Å². The minimum Gasteiger partial charge on any atom is -0.478 e. The zero-order valence-electron chi connectivity index (χ0n) is 18.8. The zero-order valence-corrected chi connectivity index (χ0v) is 18.8. The second kappa shape index (κ2) is 12.6. The number of aliphatic carboxylic acids is 2. The molecule has 1 saturated heterocycles. The van der Waals surface area contributed by atoms with E-state index >= 15 is 0 Å². The molecular weight excluding hydrogens is 438 g/mol. The maximum Gasteiger partial charge on any atom is 0.328 e. The quantitative estimate of drug-likeness (QED) is 0.423. The fraction of sp³-hybridized carbons (Fsp3) is 0.375. The number of hydrogen-bond acceptors (Lipinski definition) is 7. The molecule has 0 bridgehead atoms. The summed E-state index contributed by atoms with van der Waals surface area (Å²) in [6.45, 7) is 3.85. The van der Waals surface area contributed by atoms with Crippen LogP contribution in [0.3, 0.4) is 0 Å². The number of fused-ring (bicyclic) bond motifs is 1. The second-order valence-corrected chi connectivity index (χ2v) is 8.00. The zero-order chi connectivity index (χ0) is 24.3. The highest BCUT2D eigenvalue weighted by molar-refractivity contribution is 5.89. The van der Waals surface area contributed by atoms with E-state index in [9.17, 15) is 9.59 Å². The molecule has 3 N–H and O–H groups in total.